The summed E-state index contributed by atoms with van der Waals surface area (Å²) < 4.78 is 0. The number of carbonyl (C=O) groups excluding carboxylic acids is 2. The van der Waals surface area contributed by atoms with Gasteiger partial charge in [0, 0.05) is 44.0 Å². The van der Waals surface area contributed by atoms with Crippen molar-refractivity contribution in [1.82, 2.24) is 15.1 Å². The Labute approximate surface area is 195 Å². The monoisotopic (exact) mass is 448 g/mol. The number of carbonyl (C=O) groups is 2. The lowest BCUT2D eigenvalue weighted by Gasteiger charge is -2.35. The zero-order valence-electron chi connectivity index (χ0n) is 19.5. The van der Waals surface area contributed by atoms with Gasteiger partial charge in [-0.05, 0) is 50.2 Å². The number of rotatable bonds is 4. The van der Waals surface area contributed by atoms with Crippen LogP contribution in [0.25, 0.3) is 0 Å². The van der Waals surface area contributed by atoms with Crippen molar-refractivity contribution < 1.29 is 9.59 Å². The van der Waals surface area contributed by atoms with Crippen molar-refractivity contribution in [1.29, 1.82) is 0 Å². The van der Waals surface area contributed by atoms with E-state index in [9.17, 15) is 9.59 Å². The zero-order chi connectivity index (χ0) is 23.4. The van der Waals surface area contributed by atoms with Crippen LogP contribution < -0.4 is 15.5 Å². The number of benzodiazepines with no additional fused rings is 1. The molecule has 0 saturated carbocycles. The fourth-order valence-electron chi connectivity index (χ4n) is 4.24. The molecule has 0 aliphatic carbocycles. The van der Waals surface area contributed by atoms with Gasteiger partial charge < -0.3 is 25.3 Å². The van der Waals surface area contributed by atoms with Crippen LogP contribution in [-0.4, -0.2) is 73.5 Å². The van der Waals surface area contributed by atoms with E-state index in [1.54, 1.807) is 4.90 Å². The van der Waals surface area contributed by atoms with E-state index < -0.39 is 12.2 Å². The number of piperazine rings is 1. The highest BCUT2D eigenvalue weighted by Crippen LogP contribution is 2.27. The van der Waals surface area contributed by atoms with Gasteiger partial charge in [-0.1, -0.05) is 31.2 Å². The van der Waals surface area contributed by atoms with Gasteiger partial charge in [0.05, 0.1) is 5.69 Å². The van der Waals surface area contributed by atoms with E-state index in [2.05, 4.69) is 27.5 Å². The number of urea groups is 1. The molecular weight excluding hydrogens is 416 g/mol. The SMILES string of the molecule is CCCN1C(=O)[C@@H](NC(=O)Nc2cccc(C)c2)N=C(N2CCN(C)CC2)c2ccccc21. The van der Waals surface area contributed by atoms with Gasteiger partial charge in [-0.2, -0.15) is 0 Å². The molecule has 2 aromatic rings. The molecule has 0 unspecified atom stereocenters. The highest BCUT2D eigenvalue weighted by molar-refractivity contribution is 6.12. The number of nitrogens with one attached hydrogen (secondary N) is 2. The summed E-state index contributed by atoms with van der Waals surface area (Å²) in [6.07, 6.45) is -0.213. The summed E-state index contributed by atoms with van der Waals surface area (Å²) in [5.74, 6) is 0.527. The van der Waals surface area contributed by atoms with Crippen LogP contribution in [0.4, 0.5) is 16.2 Å². The minimum Gasteiger partial charge on any atom is -0.354 e. The van der Waals surface area contributed by atoms with Crippen LogP contribution in [0, 0.1) is 6.92 Å². The number of hydrogen-bond acceptors (Lipinski definition) is 5. The molecule has 1 saturated heterocycles. The third-order valence-corrected chi connectivity index (χ3v) is 5.98. The van der Waals surface area contributed by atoms with Crippen molar-refractivity contribution in [2.24, 2.45) is 4.99 Å². The largest absolute Gasteiger partial charge is 0.354 e. The summed E-state index contributed by atoms with van der Waals surface area (Å²) in [6, 6.07) is 15.0. The van der Waals surface area contributed by atoms with Crippen molar-refractivity contribution in [2.75, 3.05) is 50.0 Å². The van der Waals surface area contributed by atoms with Crippen LogP contribution in [0.3, 0.4) is 0 Å². The summed E-state index contributed by atoms with van der Waals surface area (Å²) in [6.45, 7) is 8.01. The van der Waals surface area contributed by atoms with Crippen LogP contribution >= 0.6 is 0 Å². The smallest absolute Gasteiger partial charge is 0.321 e. The van der Waals surface area contributed by atoms with E-state index in [0.29, 0.717) is 12.2 Å². The molecule has 1 fully saturated rings. The standard InChI is InChI=1S/C25H32N6O2/c1-4-12-31-21-11-6-5-10-20(21)23(30-15-13-29(3)14-16-30)27-22(24(31)32)28-25(33)26-19-9-7-8-18(2)17-19/h5-11,17,22H,4,12-16H2,1-3H3,(H2,26,28,33)/t22-/m1/s1. The van der Waals surface area contributed by atoms with E-state index >= 15 is 0 Å². The van der Waals surface area contributed by atoms with Crippen LogP contribution in [-0.2, 0) is 4.79 Å². The van der Waals surface area contributed by atoms with E-state index in [0.717, 1.165) is 55.2 Å². The first kappa shape index (κ1) is 22.8. The number of fused-ring (bicyclic) bond motifs is 1. The summed E-state index contributed by atoms with van der Waals surface area (Å²) in [4.78, 5) is 37.5. The number of aryl methyl sites for hydroxylation is 1. The molecule has 174 valence electrons. The van der Waals surface area contributed by atoms with Crippen LogP contribution in [0.1, 0.15) is 24.5 Å². The second-order valence-electron chi connectivity index (χ2n) is 8.62. The highest BCUT2D eigenvalue weighted by atomic mass is 16.2. The predicted molar refractivity (Wildman–Crippen MR) is 132 cm³/mol. The first-order valence-electron chi connectivity index (χ1n) is 11.5. The molecule has 33 heavy (non-hydrogen) atoms. The molecule has 0 spiro atoms. The molecule has 2 aliphatic rings. The Morgan fingerprint density at radius 2 is 1.85 bits per heavy atom. The van der Waals surface area contributed by atoms with E-state index in [4.69, 9.17) is 4.99 Å². The van der Waals surface area contributed by atoms with Crippen LogP contribution in [0.2, 0.25) is 0 Å². The number of anilines is 2. The van der Waals surface area contributed by atoms with Gasteiger partial charge in [-0.15, -0.1) is 0 Å². The quantitative estimate of drug-likeness (QED) is 0.754. The first-order chi connectivity index (χ1) is 16.0. The molecule has 2 aliphatic heterocycles. The Hall–Kier alpha value is -3.39. The number of para-hydroxylation sites is 1. The van der Waals surface area contributed by atoms with Gasteiger partial charge >= 0.3 is 6.03 Å². The Kier molecular flexibility index (Phi) is 6.93. The maximum absolute atomic E-state index is 13.6. The average Bonchev–Trinajstić information content (AvgIpc) is 2.91. The van der Waals surface area contributed by atoms with Crippen molar-refractivity contribution >= 4 is 29.1 Å². The van der Waals surface area contributed by atoms with Crippen LogP contribution in [0.15, 0.2) is 53.5 Å². The molecule has 0 aromatic heterocycles. The molecule has 4 rings (SSSR count). The van der Waals surface area contributed by atoms with E-state index in [1.165, 1.54) is 0 Å². The lowest BCUT2D eigenvalue weighted by Crippen LogP contribution is -2.50. The van der Waals surface area contributed by atoms with Gasteiger partial charge in [0.1, 0.15) is 5.84 Å². The molecule has 2 N–H and O–H groups in total. The first-order valence-corrected chi connectivity index (χ1v) is 11.5. The summed E-state index contributed by atoms with van der Waals surface area (Å²) in [5.41, 5.74) is 3.47. The van der Waals surface area contributed by atoms with Gasteiger partial charge in [-0.25, -0.2) is 9.79 Å². The van der Waals surface area contributed by atoms with E-state index in [1.807, 2.05) is 62.4 Å². The molecule has 0 bridgehead atoms. The zero-order valence-corrected chi connectivity index (χ0v) is 19.5. The molecule has 0 radical (unpaired) electrons. The predicted octanol–water partition coefficient (Wildman–Crippen LogP) is 2.89. The van der Waals surface area contributed by atoms with Gasteiger partial charge in [0.15, 0.2) is 0 Å². The number of hydrogen-bond donors (Lipinski definition) is 2. The minimum absolute atomic E-state index is 0.229. The minimum atomic E-state index is -1.01. The Bertz CT molecular complexity index is 1040. The Morgan fingerprint density at radius 3 is 2.58 bits per heavy atom. The second-order valence-corrected chi connectivity index (χ2v) is 8.62. The van der Waals surface area contributed by atoms with E-state index in [-0.39, 0.29) is 5.91 Å². The lowest BCUT2D eigenvalue weighted by molar-refractivity contribution is -0.120. The second kappa shape index (κ2) is 10.0. The van der Waals surface area contributed by atoms with Crippen molar-refractivity contribution in [3.63, 3.8) is 0 Å². The van der Waals surface area contributed by atoms with Gasteiger partial charge in [-0.3, -0.25) is 4.79 Å². The lowest BCUT2D eigenvalue weighted by atomic mass is 10.1. The molecule has 8 nitrogen and oxygen atoms in total. The molecule has 8 heteroatoms. The third-order valence-electron chi connectivity index (χ3n) is 5.98. The fourth-order valence-corrected chi connectivity index (χ4v) is 4.24. The number of aliphatic imine (C=N–C) groups is 1. The molecule has 2 aromatic carbocycles. The summed E-state index contributed by atoms with van der Waals surface area (Å²) in [5, 5.41) is 5.64. The number of benzene rings is 2. The third kappa shape index (κ3) is 5.17. The highest BCUT2D eigenvalue weighted by Gasteiger charge is 2.34. The maximum Gasteiger partial charge on any atom is 0.321 e. The average molecular weight is 449 g/mol. The Morgan fingerprint density at radius 1 is 1.09 bits per heavy atom. The van der Waals surface area contributed by atoms with Crippen molar-refractivity contribution in [2.45, 2.75) is 26.4 Å². The summed E-state index contributed by atoms with van der Waals surface area (Å²) in [7, 11) is 2.10. The normalized spacial score (nSPS) is 18.9. The molecule has 3 amide bonds. The van der Waals surface area contributed by atoms with Gasteiger partial charge in [0.25, 0.3) is 5.91 Å². The maximum atomic E-state index is 13.6. The fraction of sp³-hybridized carbons (Fsp3) is 0.400. The number of amides is 3. The number of amidine groups is 1. The Balaban J connectivity index is 1.66. The number of nitrogens with zero attached hydrogens (tertiary/aromatic N) is 4. The van der Waals surface area contributed by atoms with Crippen molar-refractivity contribution in [3.8, 4) is 0 Å². The van der Waals surface area contributed by atoms with Gasteiger partial charge in [0.2, 0.25) is 6.17 Å². The van der Waals surface area contributed by atoms with Crippen molar-refractivity contribution in [3.05, 3.63) is 59.7 Å². The molecule has 1 atom stereocenters. The number of likely N-dealkylation sites (N-methyl/N-ethyl adjacent to an activating group) is 1. The summed E-state index contributed by atoms with van der Waals surface area (Å²) >= 11 is 0. The topological polar surface area (TPSA) is 80.3 Å². The molecule has 2 heterocycles. The van der Waals surface area contributed by atoms with Crippen LogP contribution in [0.5, 0.6) is 0 Å². The molecular formula is C25H32N6O2.